The van der Waals surface area contributed by atoms with Gasteiger partial charge in [0.05, 0.1) is 0 Å². The lowest BCUT2D eigenvalue weighted by Crippen LogP contribution is -2.38. The zero-order valence-electron chi connectivity index (χ0n) is 13.8. The van der Waals surface area contributed by atoms with Gasteiger partial charge in [-0.2, -0.15) is 0 Å². The maximum absolute atomic E-state index is 5.97. The van der Waals surface area contributed by atoms with E-state index in [1.807, 2.05) is 12.1 Å². The van der Waals surface area contributed by atoms with E-state index in [9.17, 15) is 0 Å². The maximum atomic E-state index is 5.97. The molecule has 0 amide bonds. The normalized spacial score (nSPS) is 18.1. The molecule has 1 saturated carbocycles. The summed E-state index contributed by atoms with van der Waals surface area (Å²) < 4.78 is 0. The number of aryl methyl sites for hydroxylation is 1. The molecular formula is C19H30ClN. The zero-order chi connectivity index (χ0) is 15.3. The van der Waals surface area contributed by atoms with Crippen molar-refractivity contribution < 1.29 is 0 Å². The molecule has 0 aromatic heterocycles. The van der Waals surface area contributed by atoms with E-state index in [1.165, 1.54) is 50.5 Å². The molecular weight excluding hydrogens is 278 g/mol. The smallest absolute Gasteiger partial charge is 0.0406 e. The third-order valence-corrected chi connectivity index (χ3v) is 5.08. The molecule has 1 aromatic carbocycles. The SMILES string of the molecule is CC(C)(C)NCCC1(CCc2ccc(Cl)cc2)CCCC1. The van der Waals surface area contributed by atoms with Crippen LogP contribution in [0, 0.1) is 5.41 Å². The van der Waals surface area contributed by atoms with Gasteiger partial charge in [-0.1, -0.05) is 36.6 Å². The summed E-state index contributed by atoms with van der Waals surface area (Å²) in [6.45, 7) is 7.90. The van der Waals surface area contributed by atoms with Gasteiger partial charge in [-0.3, -0.25) is 0 Å². The highest BCUT2D eigenvalue weighted by Crippen LogP contribution is 2.44. The molecule has 0 bridgehead atoms. The summed E-state index contributed by atoms with van der Waals surface area (Å²) in [6.07, 6.45) is 9.47. The molecule has 21 heavy (non-hydrogen) atoms. The summed E-state index contributed by atoms with van der Waals surface area (Å²) in [7, 11) is 0. The molecule has 0 aliphatic heterocycles. The Balaban J connectivity index is 1.87. The van der Waals surface area contributed by atoms with E-state index in [0.717, 1.165) is 11.6 Å². The van der Waals surface area contributed by atoms with Gasteiger partial charge in [-0.25, -0.2) is 0 Å². The maximum Gasteiger partial charge on any atom is 0.0406 e. The van der Waals surface area contributed by atoms with Crippen molar-refractivity contribution >= 4 is 11.6 Å². The first-order chi connectivity index (χ1) is 9.89. The van der Waals surface area contributed by atoms with Crippen LogP contribution in [0.25, 0.3) is 0 Å². The Hall–Kier alpha value is -0.530. The average Bonchev–Trinajstić information content (AvgIpc) is 2.86. The number of rotatable bonds is 6. The molecule has 0 saturated heterocycles. The Morgan fingerprint density at radius 1 is 1.05 bits per heavy atom. The standard InChI is InChI=1S/C19H30ClN/c1-18(2,3)21-15-14-19(11-4-5-12-19)13-10-16-6-8-17(20)9-7-16/h6-9,21H,4-5,10-15H2,1-3H3. The summed E-state index contributed by atoms with van der Waals surface area (Å²) in [5.74, 6) is 0. The lowest BCUT2D eigenvalue weighted by molar-refractivity contribution is 0.235. The predicted molar refractivity (Wildman–Crippen MR) is 93.0 cm³/mol. The van der Waals surface area contributed by atoms with Crippen molar-refractivity contribution in [1.29, 1.82) is 0 Å². The van der Waals surface area contributed by atoms with E-state index in [-0.39, 0.29) is 5.54 Å². The highest BCUT2D eigenvalue weighted by molar-refractivity contribution is 6.30. The van der Waals surface area contributed by atoms with Crippen molar-refractivity contribution in [2.45, 2.75) is 71.3 Å². The van der Waals surface area contributed by atoms with Gasteiger partial charge in [-0.15, -0.1) is 0 Å². The van der Waals surface area contributed by atoms with Crippen molar-refractivity contribution in [2.75, 3.05) is 6.54 Å². The molecule has 0 heterocycles. The quantitative estimate of drug-likeness (QED) is 0.720. The summed E-state index contributed by atoms with van der Waals surface area (Å²) in [5, 5.41) is 4.50. The van der Waals surface area contributed by atoms with Crippen LogP contribution in [0.5, 0.6) is 0 Å². The second kappa shape index (κ2) is 7.15. The van der Waals surface area contributed by atoms with E-state index >= 15 is 0 Å². The van der Waals surface area contributed by atoms with Crippen LogP contribution in [0.15, 0.2) is 24.3 Å². The summed E-state index contributed by atoms with van der Waals surface area (Å²) in [6, 6.07) is 8.38. The Morgan fingerprint density at radius 3 is 2.24 bits per heavy atom. The average molecular weight is 308 g/mol. The molecule has 2 heteroatoms. The number of hydrogen-bond acceptors (Lipinski definition) is 1. The lowest BCUT2D eigenvalue weighted by atomic mass is 9.77. The third-order valence-electron chi connectivity index (χ3n) is 4.83. The van der Waals surface area contributed by atoms with Gasteiger partial charge in [-0.05, 0) is 82.5 Å². The molecule has 1 nitrogen and oxygen atoms in total. The number of halogens is 1. The third kappa shape index (κ3) is 5.64. The Morgan fingerprint density at radius 2 is 1.67 bits per heavy atom. The first kappa shape index (κ1) is 16.8. The van der Waals surface area contributed by atoms with Gasteiger partial charge in [0.15, 0.2) is 0 Å². The Kier molecular flexibility index (Phi) is 5.73. The monoisotopic (exact) mass is 307 g/mol. The van der Waals surface area contributed by atoms with Crippen LogP contribution < -0.4 is 5.32 Å². The topological polar surface area (TPSA) is 12.0 Å². The molecule has 0 radical (unpaired) electrons. The fraction of sp³-hybridized carbons (Fsp3) is 0.684. The number of nitrogens with one attached hydrogen (secondary N) is 1. The molecule has 1 N–H and O–H groups in total. The van der Waals surface area contributed by atoms with Crippen LogP contribution in [0.3, 0.4) is 0 Å². The van der Waals surface area contributed by atoms with Crippen molar-refractivity contribution in [1.82, 2.24) is 5.32 Å². The van der Waals surface area contributed by atoms with Crippen LogP contribution in [0.2, 0.25) is 5.02 Å². The number of hydrogen-bond donors (Lipinski definition) is 1. The van der Waals surface area contributed by atoms with Crippen LogP contribution in [-0.4, -0.2) is 12.1 Å². The zero-order valence-corrected chi connectivity index (χ0v) is 14.6. The lowest BCUT2D eigenvalue weighted by Gasteiger charge is -2.31. The van der Waals surface area contributed by atoms with Crippen molar-refractivity contribution in [3.05, 3.63) is 34.9 Å². The fourth-order valence-corrected chi connectivity index (χ4v) is 3.64. The summed E-state index contributed by atoms with van der Waals surface area (Å²) in [4.78, 5) is 0. The van der Waals surface area contributed by atoms with Crippen LogP contribution in [0.1, 0.15) is 64.9 Å². The fourth-order valence-electron chi connectivity index (χ4n) is 3.51. The van der Waals surface area contributed by atoms with Gasteiger partial charge in [0.2, 0.25) is 0 Å². The highest BCUT2D eigenvalue weighted by Gasteiger charge is 2.33. The van der Waals surface area contributed by atoms with E-state index in [2.05, 4.69) is 38.2 Å². The van der Waals surface area contributed by atoms with Crippen molar-refractivity contribution in [3.8, 4) is 0 Å². The van der Waals surface area contributed by atoms with Crippen LogP contribution in [0.4, 0.5) is 0 Å². The molecule has 1 aliphatic rings. The molecule has 0 spiro atoms. The van der Waals surface area contributed by atoms with Crippen LogP contribution in [-0.2, 0) is 6.42 Å². The van der Waals surface area contributed by atoms with E-state index in [4.69, 9.17) is 11.6 Å². The van der Waals surface area contributed by atoms with Gasteiger partial charge in [0, 0.05) is 10.6 Å². The molecule has 2 rings (SSSR count). The predicted octanol–water partition coefficient (Wildman–Crippen LogP) is 5.61. The van der Waals surface area contributed by atoms with Gasteiger partial charge < -0.3 is 5.32 Å². The minimum Gasteiger partial charge on any atom is -0.312 e. The minimum absolute atomic E-state index is 0.232. The van der Waals surface area contributed by atoms with E-state index < -0.39 is 0 Å². The molecule has 1 aliphatic carbocycles. The van der Waals surface area contributed by atoms with Gasteiger partial charge >= 0.3 is 0 Å². The Labute approximate surface area is 135 Å². The highest BCUT2D eigenvalue weighted by atomic mass is 35.5. The van der Waals surface area contributed by atoms with Crippen molar-refractivity contribution in [2.24, 2.45) is 5.41 Å². The summed E-state index contributed by atoms with van der Waals surface area (Å²) in [5.41, 5.74) is 2.22. The van der Waals surface area contributed by atoms with Crippen LogP contribution >= 0.6 is 11.6 Å². The molecule has 0 unspecified atom stereocenters. The molecule has 118 valence electrons. The largest absolute Gasteiger partial charge is 0.312 e. The summed E-state index contributed by atoms with van der Waals surface area (Å²) >= 11 is 5.97. The second-order valence-electron chi connectivity index (χ2n) is 7.76. The molecule has 1 aromatic rings. The van der Waals surface area contributed by atoms with Gasteiger partial charge in [0.1, 0.15) is 0 Å². The Bertz CT molecular complexity index is 424. The first-order valence-corrected chi connectivity index (χ1v) is 8.76. The second-order valence-corrected chi connectivity index (χ2v) is 8.20. The van der Waals surface area contributed by atoms with E-state index in [0.29, 0.717) is 5.41 Å². The number of benzene rings is 1. The first-order valence-electron chi connectivity index (χ1n) is 8.38. The minimum atomic E-state index is 0.232. The molecule has 1 fully saturated rings. The van der Waals surface area contributed by atoms with Gasteiger partial charge in [0.25, 0.3) is 0 Å². The van der Waals surface area contributed by atoms with Crippen molar-refractivity contribution in [3.63, 3.8) is 0 Å². The molecule has 0 atom stereocenters. The van der Waals surface area contributed by atoms with E-state index in [1.54, 1.807) is 0 Å².